The molecule has 2 fully saturated rings. The quantitative estimate of drug-likeness (QED) is 0.806. The number of rotatable bonds is 3. The summed E-state index contributed by atoms with van der Waals surface area (Å²) in [5.41, 5.74) is 1.50. The van der Waals surface area contributed by atoms with E-state index in [2.05, 4.69) is 0 Å². The Bertz CT molecular complexity index is 819. The second kappa shape index (κ2) is 6.88. The highest BCUT2D eigenvalue weighted by Crippen LogP contribution is 2.48. The summed E-state index contributed by atoms with van der Waals surface area (Å²) in [6.45, 7) is 2.29. The van der Waals surface area contributed by atoms with E-state index in [1.807, 2.05) is 9.80 Å². The molecule has 2 atom stereocenters. The zero-order valence-electron chi connectivity index (χ0n) is 14.2. The van der Waals surface area contributed by atoms with Crippen molar-refractivity contribution in [2.45, 2.75) is 12.3 Å². The average molecular weight is 377 g/mol. The lowest BCUT2D eigenvalue weighted by molar-refractivity contribution is -0.132. The number of piperazine rings is 1. The molecule has 3 nitrogen and oxygen atoms in total. The maximum Gasteiger partial charge on any atom is 0.226 e. The third kappa shape index (κ3) is 3.40. The molecule has 1 saturated heterocycles. The van der Waals surface area contributed by atoms with Gasteiger partial charge < -0.3 is 9.80 Å². The monoisotopic (exact) mass is 376 g/mol. The molecule has 0 N–H and O–H groups in total. The maximum absolute atomic E-state index is 14.0. The van der Waals surface area contributed by atoms with Crippen molar-refractivity contribution >= 4 is 23.2 Å². The van der Waals surface area contributed by atoms with Gasteiger partial charge in [-0.25, -0.2) is 8.78 Å². The van der Waals surface area contributed by atoms with Gasteiger partial charge in [0.15, 0.2) is 0 Å². The summed E-state index contributed by atoms with van der Waals surface area (Å²) in [6, 6.07) is 10.9. The molecule has 0 radical (unpaired) electrons. The largest absolute Gasteiger partial charge is 0.366 e. The molecule has 0 spiro atoms. The minimum absolute atomic E-state index is 0.0186. The van der Waals surface area contributed by atoms with E-state index >= 15 is 0 Å². The summed E-state index contributed by atoms with van der Waals surface area (Å²) < 4.78 is 27.0. The Balaban J connectivity index is 1.36. The molecule has 26 heavy (non-hydrogen) atoms. The van der Waals surface area contributed by atoms with E-state index in [4.69, 9.17) is 11.6 Å². The number of amides is 1. The highest BCUT2D eigenvalue weighted by atomic mass is 35.5. The van der Waals surface area contributed by atoms with Crippen molar-refractivity contribution in [3.63, 3.8) is 0 Å². The van der Waals surface area contributed by atoms with Crippen LogP contribution in [-0.4, -0.2) is 37.0 Å². The summed E-state index contributed by atoms with van der Waals surface area (Å²) in [5.74, 6) is -0.249. The number of halogens is 3. The minimum atomic E-state index is -0.298. The van der Waals surface area contributed by atoms with Crippen LogP contribution in [0, 0.1) is 17.6 Å². The van der Waals surface area contributed by atoms with E-state index < -0.39 is 0 Å². The van der Waals surface area contributed by atoms with Gasteiger partial charge in [0.05, 0.1) is 5.69 Å². The van der Waals surface area contributed by atoms with E-state index in [1.165, 1.54) is 24.3 Å². The topological polar surface area (TPSA) is 23.6 Å². The van der Waals surface area contributed by atoms with Crippen molar-refractivity contribution in [3.8, 4) is 0 Å². The smallest absolute Gasteiger partial charge is 0.226 e. The van der Waals surface area contributed by atoms with Crippen molar-refractivity contribution in [1.29, 1.82) is 0 Å². The number of carbonyl (C=O) groups is 1. The van der Waals surface area contributed by atoms with Gasteiger partial charge >= 0.3 is 0 Å². The van der Waals surface area contributed by atoms with Crippen molar-refractivity contribution in [2.24, 2.45) is 5.92 Å². The molecule has 136 valence electrons. The number of nitrogens with zero attached hydrogens (tertiary/aromatic N) is 2. The average Bonchev–Trinajstić information content (AvgIpc) is 3.45. The van der Waals surface area contributed by atoms with E-state index in [0.29, 0.717) is 36.9 Å². The van der Waals surface area contributed by atoms with Crippen LogP contribution in [0.4, 0.5) is 14.5 Å². The zero-order chi connectivity index (χ0) is 18.3. The molecule has 2 aliphatic rings. The molecular weight excluding hydrogens is 358 g/mol. The fourth-order valence-corrected chi connectivity index (χ4v) is 3.84. The van der Waals surface area contributed by atoms with Crippen molar-refractivity contribution < 1.29 is 13.6 Å². The third-order valence-corrected chi connectivity index (χ3v) is 5.48. The Hall–Kier alpha value is -2.14. The molecule has 0 aromatic heterocycles. The minimum Gasteiger partial charge on any atom is -0.366 e. The molecule has 1 saturated carbocycles. The SMILES string of the molecule is O=C([C@H]1C[C@H]1c1ccc(F)cc1)N1CCN(c2cc(Cl)ccc2F)CC1. The molecule has 1 aliphatic carbocycles. The van der Waals surface area contributed by atoms with Crippen LogP contribution in [-0.2, 0) is 4.79 Å². The standard InChI is InChI=1S/C20H19ClF2N2O/c21-14-3-6-18(23)19(11-14)24-7-9-25(10-8-24)20(26)17-12-16(17)13-1-4-15(22)5-2-13/h1-6,11,16-17H,7-10,12H2/t16-,17-/m0/s1. The Morgan fingerprint density at radius 2 is 1.69 bits per heavy atom. The Labute approximate surface area is 156 Å². The number of carbonyl (C=O) groups excluding carboxylic acids is 1. The van der Waals surface area contributed by atoms with Gasteiger partial charge in [-0.15, -0.1) is 0 Å². The van der Waals surface area contributed by atoms with Crippen LogP contribution in [0.3, 0.4) is 0 Å². The maximum atomic E-state index is 14.0. The highest BCUT2D eigenvalue weighted by molar-refractivity contribution is 6.30. The molecule has 1 aliphatic heterocycles. The fraction of sp³-hybridized carbons (Fsp3) is 0.350. The lowest BCUT2D eigenvalue weighted by Crippen LogP contribution is -2.49. The summed E-state index contributed by atoms with van der Waals surface area (Å²) >= 11 is 5.97. The summed E-state index contributed by atoms with van der Waals surface area (Å²) in [5, 5.41) is 0.500. The van der Waals surface area contributed by atoms with Gasteiger partial charge in [-0.05, 0) is 48.2 Å². The van der Waals surface area contributed by atoms with Gasteiger partial charge in [0.2, 0.25) is 5.91 Å². The van der Waals surface area contributed by atoms with Crippen LogP contribution in [0.2, 0.25) is 5.02 Å². The van der Waals surface area contributed by atoms with Crippen LogP contribution in [0.15, 0.2) is 42.5 Å². The summed E-state index contributed by atoms with van der Waals surface area (Å²) in [6.07, 6.45) is 0.813. The third-order valence-electron chi connectivity index (χ3n) is 5.25. The lowest BCUT2D eigenvalue weighted by atomic mass is 10.1. The molecule has 0 unspecified atom stereocenters. The first-order chi connectivity index (χ1) is 12.5. The Kier molecular flexibility index (Phi) is 4.57. The van der Waals surface area contributed by atoms with E-state index in [9.17, 15) is 13.6 Å². The van der Waals surface area contributed by atoms with Crippen molar-refractivity contribution in [2.75, 3.05) is 31.1 Å². The molecule has 4 rings (SSSR count). The normalized spacial score (nSPS) is 22.4. The molecule has 2 aromatic rings. The second-order valence-corrected chi connectivity index (χ2v) is 7.34. The van der Waals surface area contributed by atoms with Crippen molar-refractivity contribution in [1.82, 2.24) is 4.90 Å². The molecule has 1 amide bonds. The Morgan fingerprint density at radius 3 is 2.38 bits per heavy atom. The molecule has 2 aromatic carbocycles. The first-order valence-electron chi connectivity index (χ1n) is 8.77. The number of anilines is 1. The van der Waals surface area contributed by atoms with E-state index in [1.54, 1.807) is 18.2 Å². The lowest BCUT2D eigenvalue weighted by Gasteiger charge is -2.36. The second-order valence-electron chi connectivity index (χ2n) is 6.91. The zero-order valence-corrected chi connectivity index (χ0v) is 14.9. The first-order valence-corrected chi connectivity index (χ1v) is 9.15. The van der Waals surface area contributed by atoms with Gasteiger partial charge in [-0.2, -0.15) is 0 Å². The number of hydrogen-bond donors (Lipinski definition) is 0. The van der Waals surface area contributed by atoms with Crippen molar-refractivity contribution in [3.05, 3.63) is 64.7 Å². The highest BCUT2D eigenvalue weighted by Gasteiger charge is 2.46. The molecule has 6 heteroatoms. The van der Waals surface area contributed by atoms with Gasteiger partial charge in [0.1, 0.15) is 11.6 Å². The van der Waals surface area contributed by atoms with Crippen LogP contribution in [0.1, 0.15) is 17.9 Å². The predicted octanol–water partition coefficient (Wildman–Crippen LogP) is 4.07. The van der Waals surface area contributed by atoms with Gasteiger partial charge in [-0.1, -0.05) is 23.7 Å². The van der Waals surface area contributed by atoms with Crippen LogP contribution in [0.5, 0.6) is 0 Å². The first kappa shape index (κ1) is 17.3. The predicted molar refractivity (Wildman–Crippen MR) is 97.5 cm³/mol. The molecular formula is C20H19ClF2N2O. The van der Waals surface area contributed by atoms with E-state index in [0.717, 1.165) is 12.0 Å². The molecule has 0 bridgehead atoms. The van der Waals surface area contributed by atoms with Crippen LogP contribution in [0.25, 0.3) is 0 Å². The molecule has 1 heterocycles. The number of benzene rings is 2. The van der Waals surface area contributed by atoms with Gasteiger partial charge in [-0.3, -0.25) is 4.79 Å². The van der Waals surface area contributed by atoms with Gasteiger partial charge in [0, 0.05) is 37.1 Å². The number of hydrogen-bond acceptors (Lipinski definition) is 2. The Morgan fingerprint density at radius 1 is 1.00 bits per heavy atom. The van der Waals surface area contributed by atoms with Crippen LogP contribution >= 0.6 is 11.6 Å². The fourth-order valence-electron chi connectivity index (χ4n) is 3.68. The van der Waals surface area contributed by atoms with Crippen LogP contribution < -0.4 is 4.90 Å². The van der Waals surface area contributed by atoms with Gasteiger partial charge in [0.25, 0.3) is 0 Å². The summed E-state index contributed by atoms with van der Waals surface area (Å²) in [7, 11) is 0. The van der Waals surface area contributed by atoms with E-state index in [-0.39, 0.29) is 29.4 Å². The summed E-state index contributed by atoms with van der Waals surface area (Å²) in [4.78, 5) is 16.5.